The van der Waals surface area contributed by atoms with Crippen molar-refractivity contribution in [1.29, 1.82) is 0 Å². The number of carbonyl (C=O) groups excluding carboxylic acids is 1. The molecule has 0 fully saturated rings. The number of ketones is 1. The molecule has 1 heterocycles. The summed E-state index contributed by atoms with van der Waals surface area (Å²) in [5.74, 6) is -0.0683. The van der Waals surface area contributed by atoms with Gasteiger partial charge in [-0.25, -0.2) is 4.79 Å². The Morgan fingerprint density at radius 1 is 1.19 bits per heavy atom. The molecular formula is C16H16O4S. The first-order valence-electron chi connectivity index (χ1n) is 6.57. The van der Waals surface area contributed by atoms with Crippen LogP contribution >= 0.6 is 11.3 Å². The molecule has 0 aliphatic carbocycles. The van der Waals surface area contributed by atoms with Crippen molar-refractivity contribution in [3.8, 4) is 5.75 Å². The van der Waals surface area contributed by atoms with Crippen LogP contribution in [0.2, 0.25) is 0 Å². The molecule has 0 aliphatic heterocycles. The predicted molar refractivity (Wildman–Crippen MR) is 81.1 cm³/mol. The first kappa shape index (κ1) is 15.3. The summed E-state index contributed by atoms with van der Waals surface area (Å²) in [5, 5.41) is 10.8. The van der Waals surface area contributed by atoms with E-state index in [1.54, 1.807) is 18.4 Å². The maximum Gasteiger partial charge on any atom is 0.346 e. The summed E-state index contributed by atoms with van der Waals surface area (Å²) in [4.78, 5) is 22.2. The number of aromatic carboxylic acids is 1. The van der Waals surface area contributed by atoms with Crippen LogP contribution in [0.15, 0.2) is 35.7 Å². The summed E-state index contributed by atoms with van der Waals surface area (Å²) in [5.41, 5.74) is 1.76. The number of carboxylic acid groups (broad SMARTS) is 1. The van der Waals surface area contributed by atoms with Crippen molar-refractivity contribution in [3.63, 3.8) is 0 Å². The molecule has 0 saturated heterocycles. The van der Waals surface area contributed by atoms with Gasteiger partial charge in [0.05, 0.1) is 0 Å². The van der Waals surface area contributed by atoms with Crippen LogP contribution in [0, 0.1) is 0 Å². The highest BCUT2D eigenvalue weighted by atomic mass is 32.1. The third kappa shape index (κ3) is 4.43. The summed E-state index contributed by atoms with van der Waals surface area (Å²) >= 11 is 1.19. The van der Waals surface area contributed by atoms with E-state index in [-0.39, 0.29) is 12.4 Å². The number of thiophene rings is 1. The van der Waals surface area contributed by atoms with Crippen molar-refractivity contribution in [2.75, 3.05) is 0 Å². The second-order valence-corrected chi connectivity index (χ2v) is 5.63. The van der Waals surface area contributed by atoms with Crippen molar-refractivity contribution in [2.24, 2.45) is 0 Å². The van der Waals surface area contributed by atoms with Crippen LogP contribution in [0.5, 0.6) is 5.75 Å². The number of aryl methyl sites for hydroxylation is 1. The maximum absolute atomic E-state index is 11.0. The van der Waals surface area contributed by atoms with Crippen molar-refractivity contribution >= 4 is 23.1 Å². The zero-order valence-electron chi connectivity index (χ0n) is 11.7. The van der Waals surface area contributed by atoms with Crippen LogP contribution in [-0.4, -0.2) is 16.9 Å². The minimum absolute atomic E-state index is 0.175. The number of hydrogen-bond donors (Lipinski definition) is 1. The quantitative estimate of drug-likeness (QED) is 0.849. The molecule has 0 bridgehead atoms. The largest absolute Gasteiger partial charge is 0.489 e. The van der Waals surface area contributed by atoms with Crippen molar-refractivity contribution < 1.29 is 19.4 Å². The van der Waals surface area contributed by atoms with Crippen LogP contribution in [0.25, 0.3) is 0 Å². The van der Waals surface area contributed by atoms with Gasteiger partial charge >= 0.3 is 5.97 Å². The fourth-order valence-corrected chi connectivity index (χ4v) is 2.62. The summed E-state index contributed by atoms with van der Waals surface area (Å²) in [6, 6.07) is 9.27. The number of ether oxygens (including phenoxy) is 1. The molecular weight excluding hydrogens is 288 g/mol. The van der Waals surface area contributed by atoms with Crippen LogP contribution in [0.3, 0.4) is 0 Å². The van der Waals surface area contributed by atoms with Crippen LogP contribution in [0.4, 0.5) is 0 Å². The van der Waals surface area contributed by atoms with Gasteiger partial charge in [0, 0.05) is 12.0 Å². The normalized spacial score (nSPS) is 10.3. The van der Waals surface area contributed by atoms with E-state index in [0.29, 0.717) is 22.6 Å². The standard InChI is InChI=1S/C16H16O4S/c1-11(17)2-3-12-4-6-14(7-5-12)20-10-13-8-9-21-15(13)16(18)19/h4-9H,2-3,10H2,1H3,(H,18,19). The Balaban J connectivity index is 1.93. The van der Waals surface area contributed by atoms with Gasteiger partial charge in [0.1, 0.15) is 23.0 Å². The Morgan fingerprint density at radius 3 is 2.52 bits per heavy atom. The Bertz CT molecular complexity index is 628. The lowest BCUT2D eigenvalue weighted by atomic mass is 10.1. The molecule has 1 aromatic heterocycles. The highest BCUT2D eigenvalue weighted by Crippen LogP contribution is 2.20. The topological polar surface area (TPSA) is 63.6 Å². The van der Waals surface area contributed by atoms with Crippen molar-refractivity contribution in [3.05, 3.63) is 51.7 Å². The van der Waals surface area contributed by atoms with Gasteiger partial charge in [0.15, 0.2) is 0 Å². The number of Topliss-reactive ketones (excluding diaryl/α,β-unsaturated/α-hetero) is 1. The summed E-state index contributed by atoms with van der Waals surface area (Å²) < 4.78 is 5.60. The van der Waals surface area contributed by atoms with Gasteiger partial charge in [0.2, 0.25) is 0 Å². The second kappa shape index (κ2) is 7.04. The monoisotopic (exact) mass is 304 g/mol. The number of carbonyl (C=O) groups is 2. The fraction of sp³-hybridized carbons (Fsp3) is 0.250. The molecule has 0 unspecified atom stereocenters. The van der Waals surface area contributed by atoms with Crippen LogP contribution < -0.4 is 4.74 Å². The molecule has 0 atom stereocenters. The van der Waals surface area contributed by atoms with E-state index in [2.05, 4.69) is 0 Å². The molecule has 5 heteroatoms. The van der Waals surface area contributed by atoms with Gasteiger partial charge in [-0.1, -0.05) is 12.1 Å². The lowest BCUT2D eigenvalue weighted by molar-refractivity contribution is -0.116. The van der Waals surface area contributed by atoms with Crippen molar-refractivity contribution in [1.82, 2.24) is 0 Å². The maximum atomic E-state index is 11.0. The molecule has 0 radical (unpaired) electrons. The first-order chi connectivity index (χ1) is 10.1. The molecule has 0 aliphatic rings. The lowest BCUT2D eigenvalue weighted by Gasteiger charge is -2.07. The van der Waals surface area contributed by atoms with Crippen LogP contribution in [-0.2, 0) is 17.8 Å². The Hall–Kier alpha value is -2.14. The van der Waals surface area contributed by atoms with E-state index in [9.17, 15) is 9.59 Å². The number of carboxylic acids is 1. The first-order valence-corrected chi connectivity index (χ1v) is 7.45. The number of rotatable bonds is 7. The Labute approximate surface area is 127 Å². The smallest absolute Gasteiger partial charge is 0.346 e. The van der Waals surface area contributed by atoms with Gasteiger partial charge in [0.25, 0.3) is 0 Å². The molecule has 21 heavy (non-hydrogen) atoms. The van der Waals surface area contributed by atoms with E-state index >= 15 is 0 Å². The third-order valence-corrected chi connectivity index (χ3v) is 3.97. The molecule has 2 rings (SSSR count). The summed E-state index contributed by atoms with van der Waals surface area (Å²) in [6.07, 6.45) is 1.26. The Kier molecular flexibility index (Phi) is 5.11. The number of benzene rings is 1. The minimum atomic E-state index is -0.928. The number of hydrogen-bond acceptors (Lipinski definition) is 4. The second-order valence-electron chi connectivity index (χ2n) is 4.71. The molecule has 0 spiro atoms. The van der Waals surface area contributed by atoms with Gasteiger partial charge in [-0.05, 0) is 42.5 Å². The summed E-state index contributed by atoms with van der Waals surface area (Å²) in [6.45, 7) is 1.82. The Morgan fingerprint density at radius 2 is 1.90 bits per heavy atom. The van der Waals surface area contributed by atoms with E-state index < -0.39 is 5.97 Å². The summed E-state index contributed by atoms with van der Waals surface area (Å²) in [7, 11) is 0. The van der Waals surface area contributed by atoms with Gasteiger partial charge in [-0.15, -0.1) is 11.3 Å². The van der Waals surface area contributed by atoms with Gasteiger partial charge in [-0.2, -0.15) is 0 Å². The molecule has 1 N–H and O–H groups in total. The highest BCUT2D eigenvalue weighted by Gasteiger charge is 2.11. The SMILES string of the molecule is CC(=O)CCc1ccc(OCc2ccsc2C(=O)O)cc1. The van der Waals surface area contributed by atoms with Crippen molar-refractivity contribution in [2.45, 2.75) is 26.4 Å². The highest BCUT2D eigenvalue weighted by molar-refractivity contribution is 7.12. The zero-order chi connectivity index (χ0) is 15.2. The third-order valence-electron chi connectivity index (χ3n) is 3.02. The molecule has 0 saturated carbocycles. The molecule has 0 amide bonds. The molecule has 1 aromatic carbocycles. The molecule has 2 aromatic rings. The molecule has 4 nitrogen and oxygen atoms in total. The van der Waals surface area contributed by atoms with E-state index in [1.165, 1.54) is 11.3 Å². The van der Waals surface area contributed by atoms with E-state index in [1.807, 2.05) is 24.3 Å². The van der Waals surface area contributed by atoms with Gasteiger partial charge < -0.3 is 14.6 Å². The lowest BCUT2D eigenvalue weighted by Crippen LogP contribution is -2.01. The zero-order valence-corrected chi connectivity index (χ0v) is 12.5. The van der Waals surface area contributed by atoms with E-state index in [0.717, 1.165) is 12.0 Å². The van der Waals surface area contributed by atoms with E-state index in [4.69, 9.17) is 9.84 Å². The molecule has 110 valence electrons. The van der Waals surface area contributed by atoms with Gasteiger partial charge in [-0.3, -0.25) is 0 Å². The fourth-order valence-electron chi connectivity index (χ4n) is 1.87. The predicted octanol–water partition coefficient (Wildman–Crippen LogP) is 3.55. The van der Waals surface area contributed by atoms with Crippen LogP contribution in [0.1, 0.15) is 34.1 Å². The minimum Gasteiger partial charge on any atom is -0.489 e. The average Bonchev–Trinajstić information content (AvgIpc) is 2.92. The average molecular weight is 304 g/mol.